The van der Waals surface area contributed by atoms with Crippen LogP contribution in [0.5, 0.6) is 11.5 Å². The average molecular weight is 357 g/mol. The Balaban J connectivity index is 2.21. The fourth-order valence-corrected chi connectivity index (χ4v) is 2.33. The molecule has 8 heteroatoms. The molecule has 1 aromatic heterocycles. The van der Waals surface area contributed by atoms with Crippen molar-refractivity contribution >= 4 is 5.91 Å². The number of benzene rings is 1. The van der Waals surface area contributed by atoms with Crippen molar-refractivity contribution in [2.75, 3.05) is 20.8 Å². The van der Waals surface area contributed by atoms with Gasteiger partial charge in [0.15, 0.2) is 0 Å². The topological polar surface area (TPSA) is 51.9 Å². The van der Waals surface area contributed by atoms with Crippen molar-refractivity contribution in [3.05, 3.63) is 47.9 Å². The molecule has 0 bridgehead atoms. The second-order valence-corrected chi connectivity index (χ2v) is 5.30. The predicted molar refractivity (Wildman–Crippen MR) is 83.4 cm³/mol. The summed E-state index contributed by atoms with van der Waals surface area (Å²) >= 11 is 0. The molecule has 0 atom stereocenters. The number of methoxy groups -OCH3 is 2. The second-order valence-electron chi connectivity index (χ2n) is 5.30. The van der Waals surface area contributed by atoms with Crippen LogP contribution in [-0.2, 0) is 17.8 Å². The molecule has 1 amide bonds. The molecule has 0 spiro atoms. The van der Waals surface area contributed by atoms with Crippen LogP contribution in [-0.4, -0.2) is 37.7 Å². The zero-order chi connectivity index (χ0) is 18.4. The van der Waals surface area contributed by atoms with E-state index in [1.54, 1.807) is 24.3 Å². The Labute approximate surface area is 142 Å². The van der Waals surface area contributed by atoms with E-state index in [0.29, 0.717) is 22.0 Å². The summed E-state index contributed by atoms with van der Waals surface area (Å²) in [6.45, 7) is -1.63. The number of carbonyl (C=O) groups is 1. The molecule has 2 aromatic rings. The fourth-order valence-electron chi connectivity index (χ4n) is 2.33. The van der Waals surface area contributed by atoms with Crippen molar-refractivity contribution in [2.45, 2.75) is 19.1 Å². The first-order valence-corrected chi connectivity index (χ1v) is 7.40. The third-order valence-electron chi connectivity index (χ3n) is 3.48. The summed E-state index contributed by atoms with van der Waals surface area (Å²) in [5, 5.41) is 0. The lowest BCUT2D eigenvalue weighted by atomic mass is 10.1. The van der Waals surface area contributed by atoms with Crippen molar-refractivity contribution in [1.82, 2.24) is 4.90 Å². The average Bonchev–Trinajstić information content (AvgIpc) is 3.06. The maximum Gasteiger partial charge on any atom is 0.406 e. The van der Waals surface area contributed by atoms with E-state index in [4.69, 9.17) is 13.9 Å². The number of alkyl halides is 3. The van der Waals surface area contributed by atoms with Crippen molar-refractivity contribution in [3.63, 3.8) is 0 Å². The number of hydrogen-bond acceptors (Lipinski definition) is 4. The van der Waals surface area contributed by atoms with Gasteiger partial charge in [-0.1, -0.05) is 0 Å². The van der Waals surface area contributed by atoms with E-state index in [1.807, 2.05) is 0 Å². The number of furan rings is 1. The van der Waals surface area contributed by atoms with E-state index >= 15 is 0 Å². The number of ether oxygens (including phenoxy) is 2. The number of carbonyl (C=O) groups excluding carboxylic acids is 1. The number of rotatable bonds is 7. The highest BCUT2D eigenvalue weighted by Crippen LogP contribution is 2.26. The van der Waals surface area contributed by atoms with Crippen LogP contribution in [0.15, 0.2) is 41.0 Å². The molecule has 0 saturated carbocycles. The Morgan fingerprint density at radius 3 is 2.52 bits per heavy atom. The molecule has 0 aliphatic heterocycles. The number of amides is 1. The van der Waals surface area contributed by atoms with Crippen molar-refractivity contribution < 1.29 is 31.9 Å². The lowest BCUT2D eigenvalue weighted by molar-refractivity contribution is -0.162. The highest BCUT2D eigenvalue weighted by molar-refractivity contribution is 5.79. The van der Waals surface area contributed by atoms with Crippen LogP contribution in [0.3, 0.4) is 0 Å². The van der Waals surface area contributed by atoms with Crippen LogP contribution in [0.4, 0.5) is 13.2 Å². The van der Waals surface area contributed by atoms with Gasteiger partial charge >= 0.3 is 6.18 Å². The van der Waals surface area contributed by atoms with Crippen LogP contribution < -0.4 is 9.47 Å². The Morgan fingerprint density at radius 2 is 1.96 bits per heavy atom. The Kier molecular flexibility index (Phi) is 5.95. The Hall–Kier alpha value is -2.64. The van der Waals surface area contributed by atoms with Crippen molar-refractivity contribution in [2.24, 2.45) is 0 Å². The van der Waals surface area contributed by atoms with Gasteiger partial charge in [-0.05, 0) is 30.3 Å². The molecule has 25 heavy (non-hydrogen) atoms. The highest BCUT2D eigenvalue weighted by atomic mass is 19.4. The Morgan fingerprint density at radius 1 is 1.20 bits per heavy atom. The van der Waals surface area contributed by atoms with E-state index in [1.165, 1.54) is 26.5 Å². The molecule has 0 aliphatic carbocycles. The van der Waals surface area contributed by atoms with Crippen LogP contribution in [0.25, 0.3) is 0 Å². The monoisotopic (exact) mass is 357 g/mol. The van der Waals surface area contributed by atoms with Gasteiger partial charge in [0.25, 0.3) is 0 Å². The van der Waals surface area contributed by atoms with Gasteiger partial charge in [-0.3, -0.25) is 4.79 Å². The maximum atomic E-state index is 12.8. The van der Waals surface area contributed by atoms with Gasteiger partial charge in [-0.25, -0.2) is 0 Å². The molecule has 0 radical (unpaired) electrons. The summed E-state index contributed by atoms with van der Waals surface area (Å²) < 4.78 is 53.8. The number of halogens is 3. The molecule has 2 rings (SSSR count). The van der Waals surface area contributed by atoms with Crippen LogP contribution in [0.1, 0.15) is 11.3 Å². The van der Waals surface area contributed by atoms with Crippen LogP contribution in [0.2, 0.25) is 0 Å². The third kappa shape index (κ3) is 5.44. The van der Waals surface area contributed by atoms with Gasteiger partial charge in [0.1, 0.15) is 23.8 Å². The Bertz CT molecular complexity index is 698. The lowest BCUT2D eigenvalue weighted by Gasteiger charge is -2.23. The highest BCUT2D eigenvalue weighted by Gasteiger charge is 2.33. The van der Waals surface area contributed by atoms with E-state index in [-0.39, 0.29) is 18.7 Å². The fraction of sp³-hybridized carbons (Fsp3) is 0.353. The molecular formula is C17H18F3NO4. The summed E-state index contributed by atoms with van der Waals surface area (Å²) in [4.78, 5) is 13.2. The van der Waals surface area contributed by atoms with E-state index < -0.39 is 18.6 Å². The first kappa shape index (κ1) is 18.7. The quantitative estimate of drug-likeness (QED) is 0.762. The van der Waals surface area contributed by atoms with Gasteiger partial charge in [0.05, 0.1) is 33.4 Å². The van der Waals surface area contributed by atoms with Gasteiger partial charge < -0.3 is 18.8 Å². The molecule has 1 aromatic carbocycles. The first-order chi connectivity index (χ1) is 11.8. The molecule has 0 fully saturated rings. The summed E-state index contributed by atoms with van der Waals surface area (Å²) in [6, 6.07) is 7.88. The molecule has 0 aliphatic rings. The number of nitrogens with zero attached hydrogens (tertiary/aromatic N) is 1. The zero-order valence-corrected chi connectivity index (χ0v) is 13.8. The first-order valence-electron chi connectivity index (χ1n) is 7.40. The summed E-state index contributed by atoms with van der Waals surface area (Å²) in [6.07, 6.45) is -3.42. The third-order valence-corrected chi connectivity index (χ3v) is 3.48. The smallest absolute Gasteiger partial charge is 0.406 e. The SMILES string of the molecule is COc1ccc(OC)c(CC(=O)N(Cc2ccco2)CC(F)(F)F)c1. The van der Waals surface area contributed by atoms with Crippen LogP contribution in [0, 0.1) is 0 Å². The molecule has 1 heterocycles. The minimum atomic E-state index is -4.51. The minimum Gasteiger partial charge on any atom is -0.497 e. The molecule has 136 valence electrons. The van der Waals surface area contributed by atoms with E-state index in [2.05, 4.69) is 0 Å². The van der Waals surface area contributed by atoms with E-state index in [0.717, 1.165) is 0 Å². The summed E-state index contributed by atoms with van der Waals surface area (Å²) in [7, 11) is 2.88. The van der Waals surface area contributed by atoms with Gasteiger partial charge in [0, 0.05) is 5.56 Å². The molecule has 0 saturated heterocycles. The summed E-state index contributed by atoms with van der Waals surface area (Å²) in [5.74, 6) is 0.464. The zero-order valence-electron chi connectivity index (χ0n) is 13.8. The van der Waals surface area contributed by atoms with Crippen molar-refractivity contribution in [3.8, 4) is 11.5 Å². The number of hydrogen-bond donors (Lipinski definition) is 0. The largest absolute Gasteiger partial charge is 0.497 e. The van der Waals surface area contributed by atoms with Gasteiger partial charge in [-0.2, -0.15) is 13.2 Å². The van der Waals surface area contributed by atoms with Crippen LogP contribution >= 0.6 is 0 Å². The molecule has 5 nitrogen and oxygen atoms in total. The predicted octanol–water partition coefficient (Wildman–Crippen LogP) is 3.43. The molecule has 0 unspecified atom stereocenters. The second kappa shape index (κ2) is 7.96. The summed E-state index contributed by atoms with van der Waals surface area (Å²) in [5.41, 5.74) is 0.443. The molecule has 0 N–H and O–H groups in total. The van der Waals surface area contributed by atoms with Gasteiger partial charge in [-0.15, -0.1) is 0 Å². The van der Waals surface area contributed by atoms with Crippen molar-refractivity contribution in [1.29, 1.82) is 0 Å². The minimum absolute atomic E-state index is 0.253. The standard InChI is InChI=1S/C17H18F3NO4/c1-23-13-5-6-15(24-2)12(8-13)9-16(22)21(11-17(18,19)20)10-14-4-3-7-25-14/h3-8H,9-11H2,1-2H3. The lowest BCUT2D eigenvalue weighted by Crippen LogP contribution is -2.39. The normalized spacial score (nSPS) is 11.2. The van der Waals surface area contributed by atoms with E-state index in [9.17, 15) is 18.0 Å². The molecular weight excluding hydrogens is 339 g/mol. The maximum absolute atomic E-state index is 12.8. The van der Waals surface area contributed by atoms with Gasteiger partial charge in [0.2, 0.25) is 5.91 Å².